The highest BCUT2D eigenvalue weighted by molar-refractivity contribution is 4.80. The van der Waals surface area contributed by atoms with Gasteiger partial charge in [-0.2, -0.15) is 0 Å². The molecule has 2 aliphatic heterocycles. The summed E-state index contributed by atoms with van der Waals surface area (Å²) in [5.41, 5.74) is 0. The number of aliphatic hydroxyl groups is 1. The maximum atomic E-state index is 8.81. The van der Waals surface area contributed by atoms with Crippen LogP contribution in [0.2, 0.25) is 0 Å². The average molecular weight is 214 g/mol. The fourth-order valence-corrected chi connectivity index (χ4v) is 2.66. The van der Waals surface area contributed by atoms with Crippen molar-refractivity contribution in [2.75, 3.05) is 13.2 Å². The molecule has 2 fully saturated rings. The van der Waals surface area contributed by atoms with Crippen LogP contribution in [0.4, 0.5) is 0 Å². The van der Waals surface area contributed by atoms with Gasteiger partial charge in [0.15, 0.2) is 5.79 Å². The van der Waals surface area contributed by atoms with E-state index < -0.39 is 0 Å². The molecule has 0 amide bonds. The predicted octanol–water partition coefficient (Wildman–Crippen LogP) is 2.22. The van der Waals surface area contributed by atoms with Gasteiger partial charge in [0, 0.05) is 19.4 Å². The first-order chi connectivity index (χ1) is 7.35. The van der Waals surface area contributed by atoms with Gasteiger partial charge >= 0.3 is 0 Å². The van der Waals surface area contributed by atoms with Gasteiger partial charge in [-0.1, -0.05) is 0 Å². The molecule has 1 N–H and O–H groups in total. The maximum absolute atomic E-state index is 8.81. The first-order valence-electron chi connectivity index (χ1n) is 6.27. The van der Waals surface area contributed by atoms with E-state index in [2.05, 4.69) is 0 Å². The third-order valence-electron chi connectivity index (χ3n) is 3.47. The maximum Gasteiger partial charge on any atom is 0.168 e. The van der Waals surface area contributed by atoms with Crippen LogP contribution >= 0.6 is 0 Å². The molecule has 0 saturated carbocycles. The van der Waals surface area contributed by atoms with Crippen molar-refractivity contribution in [1.82, 2.24) is 0 Å². The Balaban J connectivity index is 1.85. The Morgan fingerprint density at radius 1 is 1.20 bits per heavy atom. The second kappa shape index (κ2) is 5.28. The van der Waals surface area contributed by atoms with E-state index in [1.54, 1.807) is 0 Å². The zero-order chi connectivity index (χ0) is 10.6. The second-order valence-corrected chi connectivity index (χ2v) is 4.71. The summed E-state index contributed by atoms with van der Waals surface area (Å²) in [6.07, 6.45) is 8.98. The van der Waals surface area contributed by atoms with Gasteiger partial charge in [0.05, 0.1) is 12.7 Å². The molecule has 2 saturated heterocycles. The van der Waals surface area contributed by atoms with Gasteiger partial charge in [-0.3, -0.25) is 0 Å². The lowest BCUT2D eigenvalue weighted by Gasteiger charge is -2.43. The lowest BCUT2D eigenvalue weighted by atomic mass is 9.93. The number of hydrogen-bond acceptors (Lipinski definition) is 3. The van der Waals surface area contributed by atoms with Gasteiger partial charge in [0.25, 0.3) is 0 Å². The van der Waals surface area contributed by atoms with Crippen LogP contribution in [0.3, 0.4) is 0 Å². The van der Waals surface area contributed by atoms with Crippen molar-refractivity contribution in [3.8, 4) is 0 Å². The summed E-state index contributed by atoms with van der Waals surface area (Å²) < 4.78 is 11.9. The van der Waals surface area contributed by atoms with Crippen LogP contribution in [0.15, 0.2) is 0 Å². The Labute approximate surface area is 91.8 Å². The van der Waals surface area contributed by atoms with Crippen molar-refractivity contribution in [3.63, 3.8) is 0 Å². The predicted molar refractivity (Wildman–Crippen MR) is 57.6 cm³/mol. The second-order valence-electron chi connectivity index (χ2n) is 4.71. The highest BCUT2D eigenvalue weighted by Gasteiger charge is 2.39. The summed E-state index contributed by atoms with van der Waals surface area (Å²) in [7, 11) is 0. The minimum absolute atomic E-state index is 0.253. The minimum Gasteiger partial charge on any atom is -0.396 e. The Bertz CT molecular complexity index is 182. The number of ether oxygens (including phenoxy) is 2. The van der Waals surface area contributed by atoms with Gasteiger partial charge in [-0.05, 0) is 38.5 Å². The lowest BCUT2D eigenvalue weighted by molar-refractivity contribution is -0.295. The van der Waals surface area contributed by atoms with Crippen molar-refractivity contribution in [2.24, 2.45) is 0 Å². The topological polar surface area (TPSA) is 38.7 Å². The van der Waals surface area contributed by atoms with E-state index in [0.717, 1.165) is 38.7 Å². The first-order valence-corrected chi connectivity index (χ1v) is 6.27. The molecule has 0 bridgehead atoms. The molecular formula is C12H22O3. The molecule has 2 heterocycles. The van der Waals surface area contributed by atoms with Gasteiger partial charge in [0.2, 0.25) is 0 Å². The summed E-state index contributed by atoms with van der Waals surface area (Å²) in [5, 5.41) is 8.81. The molecule has 0 unspecified atom stereocenters. The molecular weight excluding hydrogens is 192 g/mol. The summed E-state index contributed by atoms with van der Waals surface area (Å²) in [4.78, 5) is 0. The molecule has 2 rings (SSSR count). The summed E-state index contributed by atoms with van der Waals surface area (Å²) in [5.74, 6) is -0.253. The fraction of sp³-hybridized carbons (Fsp3) is 1.00. The SMILES string of the molecule is OCCC[C@@H]1CCC[C@@]2(CCCCO2)O1. The third-order valence-corrected chi connectivity index (χ3v) is 3.47. The van der Waals surface area contributed by atoms with E-state index >= 15 is 0 Å². The standard InChI is InChI=1S/C12H22O3/c13-9-4-6-11-5-3-8-12(15-11)7-1-2-10-14-12/h11,13H,1-10H2/t11-,12+/m0/s1. The van der Waals surface area contributed by atoms with Crippen LogP contribution in [-0.2, 0) is 9.47 Å². The van der Waals surface area contributed by atoms with Crippen molar-refractivity contribution in [3.05, 3.63) is 0 Å². The van der Waals surface area contributed by atoms with Gasteiger partial charge in [-0.15, -0.1) is 0 Å². The highest BCUT2D eigenvalue weighted by atomic mass is 16.7. The van der Waals surface area contributed by atoms with Crippen molar-refractivity contribution >= 4 is 0 Å². The van der Waals surface area contributed by atoms with Crippen LogP contribution in [0.25, 0.3) is 0 Å². The quantitative estimate of drug-likeness (QED) is 0.783. The van der Waals surface area contributed by atoms with Crippen molar-refractivity contribution < 1.29 is 14.6 Å². The molecule has 3 heteroatoms. The zero-order valence-electron chi connectivity index (χ0n) is 9.41. The Morgan fingerprint density at radius 2 is 2.07 bits per heavy atom. The zero-order valence-corrected chi connectivity index (χ0v) is 9.41. The molecule has 0 radical (unpaired) electrons. The summed E-state index contributed by atoms with van der Waals surface area (Å²) in [6, 6.07) is 0. The molecule has 88 valence electrons. The Kier molecular flexibility index (Phi) is 4.00. The summed E-state index contributed by atoms with van der Waals surface area (Å²) >= 11 is 0. The van der Waals surface area contributed by atoms with Crippen molar-refractivity contribution in [1.29, 1.82) is 0 Å². The monoisotopic (exact) mass is 214 g/mol. The third kappa shape index (κ3) is 2.92. The normalized spacial score (nSPS) is 37.0. The molecule has 1 spiro atoms. The van der Waals surface area contributed by atoms with Crippen molar-refractivity contribution in [2.45, 2.75) is 63.3 Å². The van der Waals surface area contributed by atoms with E-state index in [0.29, 0.717) is 6.10 Å². The number of hydrogen-bond donors (Lipinski definition) is 1. The molecule has 15 heavy (non-hydrogen) atoms. The highest BCUT2D eigenvalue weighted by Crippen LogP contribution is 2.37. The molecule has 0 aromatic rings. The smallest absolute Gasteiger partial charge is 0.168 e. The van der Waals surface area contributed by atoms with E-state index in [-0.39, 0.29) is 12.4 Å². The van der Waals surface area contributed by atoms with Gasteiger partial charge in [0.1, 0.15) is 0 Å². The number of aliphatic hydroxyl groups excluding tert-OH is 1. The van der Waals surface area contributed by atoms with Crippen LogP contribution < -0.4 is 0 Å². The van der Waals surface area contributed by atoms with E-state index in [1.807, 2.05) is 0 Å². The summed E-state index contributed by atoms with van der Waals surface area (Å²) in [6.45, 7) is 1.13. The molecule has 0 aromatic carbocycles. The molecule has 3 nitrogen and oxygen atoms in total. The number of rotatable bonds is 3. The van der Waals surface area contributed by atoms with Crippen LogP contribution in [0.1, 0.15) is 51.4 Å². The van der Waals surface area contributed by atoms with Gasteiger partial charge < -0.3 is 14.6 Å². The van der Waals surface area contributed by atoms with Gasteiger partial charge in [-0.25, -0.2) is 0 Å². The Hall–Kier alpha value is -0.120. The molecule has 2 aliphatic rings. The largest absolute Gasteiger partial charge is 0.396 e. The van der Waals surface area contributed by atoms with Crippen LogP contribution in [0.5, 0.6) is 0 Å². The first kappa shape index (κ1) is 11.4. The molecule has 0 aliphatic carbocycles. The minimum atomic E-state index is -0.253. The van der Waals surface area contributed by atoms with E-state index in [4.69, 9.17) is 14.6 Å². The Morgan fingerprint density at radius 3 is 2.80 bits per heavy atom. The van der Waals surface area contributed by atoms with Crippen LogP contribution in [-0.4, -0.2) is 30.2 Å². The average Bonchev–Trinajstić information content (AvgIpc) is 2.28. The fourth-order valence-electron chi connectivity index (χ4n) is 2.66. The molecule has 2 atom stereocenters. The lowest BCUT2D eigenvalue weighted by Crippen LogP contribution is -2.45. The van der Waals surface area contributed by atoms with Crippen LogP contribution in [0, 0.1) is 0 Å². The van der Waals surface area contributed by atoms with E-state index in [9.17, 15) is 0 Å². The van der Waals surface area contributed by atoms with E-state index in [1.165, 1.54) is 19.3 Å². The molecule has 0 aromatic heterocycles.